The monoisotopic (exact) mass is 414 g/mol. The molecule has 0 N–H and O–H groups in total. The molecule has 0 spiro atoms. The van der Waals surface area contributed by atoms with Gasteiger partial charge in [0.15, 0.2) is 10.6 Å². The summed E-state index contributed by atoms with van der Waals surface area (Å²) in [6.07, 6.45) is 3.57. The van der Waals surface area contributed by atoms with Crippen LogP contribution in [0.25, 0.3) is 11.4 Å². The summed E-state index contributed by atoms with van der Waals surface area (Å²) in [4.78, 5) is 8.85. The minimum atomic E-state index is 0.702. The van der Waals surface area contributed by atoms with E-state index in [-0.39, 0.29) is 0 Å². The predicted molar refractivity (Wildman–Crippen MR) is 115 cm³/mol. The van der Waals surface area contributed by atoms with Crippen LogP contribution in [0.2, 0.25) is 5.02 Å². The molecule has 0 bridgehead atoms. The van der Waals surface area contributed by atoms with E-state index in [1.165, 1.54) is 5.69 Å². The zero-order valence-electron chi connectivity index (χ0n) is 15.8. The van der Waals surface area contributed by atoms with Gasteiger partial charge >= 0.3 is 0 Å². The number of anilines is 1. The lowest BCUT2D eigenvalue weighted by Gasteiger charge is -2.35. The first-order valence-corrected chi connectivity index (χ1v) is 10.2. The van der Waals surface area contributed by atoms with E-state index in [1.54, 1.807) is 12.4 Å². The molecule has 6 nitrogen and oxygen atoms in total. The zero-order chi connectivity index (χ0) is 19.5. The van der Waals surface area contributed by atoms with Crippen molar-refractivity contribution in [2.24, 2.45) is 0 Å². The summed E-state index contributed by atoms with van der Waals surface area (Å²) in [5.41, 5.74) is 2.21. The normalized spacial score (nSPS) is 15.1. The van der Waals surface area contributed by atoms with Gasteiger partial charge in [-0.05, 0) is 49.5 Å². The van der Waals surface area contributed by atoms with Crippen molar-refractivity contribution in [2.45, 2.75) is 20.1 Å². The second-order valence-corrected chi connectivity index (χ2v) is 7.61. The van der Waals surface area contributed by atoms with Crippen molar-refractivity contribution in [3.8, 4) is 11.4 Å². The standard InChI is InChI=1S/C20H23ClN6S/c1-2-26-19(16-6-8-22-9-7-16)23-27(20(26)28)15-24-10-12-25(13-11-24)18-5-3-4-17(21)14-18/h3-9,14H,2,10-13,15H2,1H3. The summed E-state index contributed by atoms with van der Waals surface area (Å²) >= 11 is 11.8. The maximum atomic E-state index is 6.13. The fraction of sp³-hybridized carbons (Fsp3) is 0.350. The number of rotatable bonds is 5. The van der Waals surface area contributed by atoms with E-state index in [2.05, 4.69) is 32.3 Å². The predicted octanol–water partition coefficient (Wildman–Crippen LogP) is 3.93. The van der Waals surface area contributed by atoms with Crippen molar-refractivity contribution >= 4 is 29.5 Å². The first-order valence-electron chi connectivity index (χ1n) is 9.46. The second kappa shape index (κ2) is 8.43. The highest BCUT2D eigenvalue weighted by Crippen LogP contribution is 2.21. The second-order valence-electron chi connectivity index (χ2n) is 6.81. The summed E-state index contributed by atoms with van der Waals surface area (Å²) in [7, 11) is 0. The molecule has 1 fully saturated rings. The molecular weight excluding hydrogens is 392 g/mol. The van der Waals surface area contributed by atoms with Gasteiger partial charge in [0.1, 0.15) is 0 Å². The molecule has 4 rings (SSSR count). The first-order chi connectivity index (χ1) is 13.7. The third kappa shape index (κ3) is 3.97. The fourth-order valence-electron chi connectivity index (χ4n) is 3.54. The Hall–Kier alpha value is -2.22. The van der Waals surface area contributed by atoms with Crippen LogP contribution in [-0.2, 0) is 13.2 Å². The van der Waals surface area contributed by atoms with Gasteiger partial charge in [-0.25, -0.2) is 4.68 Å². The molecule has 3 heterocycles. The summed E-state index contributed by atoms with van der Waals surface area (Å²) < 4.78 is 4.77. The molecule has 146 valence electrons. The topological polar surface area (TPSA) is 42.1 Å². The Morgan fingerprint density at radius 2 is 1.82 bits per heavy atom. The Morgan fingerprint density at radius 3 is 2.50 bits per heavy atom. The van der Waals surface area contributed by atoms with E-state index in [0.29, 0.717) is 6.67 Å². The quantitative estimate of drug-likeness (QED) is 0.592. The van der Waals surface area contributed by atoms with Crippen molar-refractivity contribution < 1.29 is 0 Å². The molecule has 0 unspecified atom stereocenters. The Labute approximate surface area is 175 Å². The molecule has 1 aliphatic rings. The van der Waals surface area contributed by atoms with Crippen LogP contribution in [0.15, 0.2) is 48.8 Å². The molecule has 2 aromatic heterocycles. The minimum Gasteiger partial charge on any atom is -0.369 e. The summed E-state index contributed by atoms with van der Waals surface area (Å²) in [6, 6.07) is 12.0. The van der Waals surface area contributed by atoms with Gasteiger partial charge in [0.25, 0.3) is 0 Å². The molecule has 0 saturated carbocycles. The lowest BCUT2D eigenvalue weighted by Crippen LogP contribution is -2.47. The van der Waals surface area contributed by atoms with E-state index >= 15 is 0 Å². The number of benzene rings is 1. The van der Waals surface area contributed by atoms with Crippen molar-refractivity contribution in [3.05, 3.63) is 58.6 Å². The lowest BCUT2D eigenvalue weighted by molar-refractivity contribution is 0.194. The van der Waals surface area contributed by atoms with Gasteiger partial charge in [0.05, 0.1) is 6.67 Å². The molecule has 1 aliphatic heterocycles. The molecule has 0 radical (unpaired) electrons. The number of hydrogen-bond donors (Lipinski definition) is 0. The summed E-state index contributed by atoms with van der Waals surface area (Å²) in [5.74, 6) is 0.896. The highest BCUT2D eigenvalue weighted by Gasteiger charge is 2.19. The first kappa shape index (κ1) is 19.1. The highest BCUT2D eigenvalue weighted by molar-refractivity contribution is 7.71. The molecule has 1 aromatic carbocycles. The maximum Gasteiger partial charge on any atom is 0.199 e. The van der Waals surface area contributed by atoms with E-state index in [0.717, 1.165) is 53.9 Å². The van der Waals surface area contributed by atoms with Gasteiger partial charge in [-0.1, -0.05) is 17.7 Å². The van der Waals surface area contributed by atoms with Gasteiger partial charge in [-0.2, -0.15) is 5.10 Å². The number of hydrogen-bond acceptors (Lipinski definition) is 5. The van der Waals surface area contributed by atoms with Gasteiger partial charge < -0.3 is 9.47 Å². The van der Waals surface area contributed by atoms with Gasteiger partial charge in [-0.3, -0.25) is 9.88 Å². The third-order valence-corrected chi connectivity index (χ3v) is 5.72. The fourth-order valence-corrected chi connectivity index (χ4v) is 4.04. The van der Waals surface area contributed by atoms with Gasteiger partial charge in [0, 0.05) is 61.4 Å². The zero-order valence-corrected chi connectivity index (χ0v) is 17.4. The summed E-state index contributed by atoms with van der Waals surface area (Å²) in [6.45, 7) is 7.41. The van der Waals surface area contributed by atoms with E-state index in [9.17, 15) is 0 Å². The van der Waals surface area contributed by atoms with Crippen LogP contribution >= 0.6 is 23.8 Å². The number of pyridine rings is 1. The Bertz CT molecular complexity index is 991. The minimum absolute atomic E-state index is 0.702. The van der Waals surface area contributed by atoms with Crippen LogP contribution < -0.4 is 4.90 Å². The molecule has 0 amide bonds. The molecule has 0 aliphatic carbocycles. The lowest BCUT2D eigenvalue weighted by atomic mass is 10.2. The van der Waals surface area contributed by atoms with Crippen molar-refractivity contribution in [1.29, 1.82) is 0 Å². The molecule has 8 heteroatoms. The summed E-state index contributed by atoms with van der Waals surface area (Å²) in [5, 5.41) is 5.59. The molecule has 0 atom stereocenters. The third-order valence-electron chi connectivity index (χ3n) is 5.06. The van der Waals surface area contributed by atoms with E-state index < -0.39 is 0 Å². The Kier molecular flexibility index (Phi) is 5.75. The van der Waals surface area contributed by atoms with Crippen molar-refractivity contribution in [1.82, 2.24) is 24.2 Å². The highest BCUT2D eigenvalue weighted by atomic mass is 35.5. The van der Waals surface area contributed by atoms with Gasteiger partial charge in [-0.15, -0.1) is 0 Å². The Balaban J connectivity index is 1.47. The Morgan fingerprint density at radius 1 is 1.07 bits per heavy atom. The van der Waals surface area contributed by atoms with Crippen LogP contribution in [0.3, 0.4) is 0 Å². The van der Waals surface area contributed by atoms with Crippen LogP contribution in [0.1, 0.15) is 6.92 Å². The largest absolute Gasteiger partial charge is 0.369 e. The van der Waals surface area contributed by atoms with E-state index in [4.69, 9.17) is 28.9 Å². The number of halogens is 1. The number of nitrogens with zero attached hydrogens (tertiary/aromatic N) is 6. The molecule has 28 heavy (non-hydrogen) atoms. The SMILES string of the molecule is CCn1c(-c2ccncc2)nn(CN2CCN(c3cccc(Cl)c3)CC2)c1=S. The van der Waals surface area contributed by atoms with E-state index in [1.807, 2.05) is 35.0 Å². The number of piperazine rings is 1. The van der Waals surface area contributed by atoms with Crippen LogP contribution in [0.4, 0.5) is 5.69 Å². The maximum absolute atomic E-state index is 6.13. The average Bonchev–Trinajstić information content (AvgIpc) is 3.04. The molecular formula is C20H23ClN6S. The molecule has 1 saturated heterocycles. The smallest absolute Gasteiger partial charge is 0.199 e. The van der Waals surface area contributed by atoms with Crippen LogP contribution in [-0.4, -0.2) is 50.4 Å². The van der Waals surface area contributed by atoms with Gasteiger partial charge in [0.2, 0.25) is 0 Å². The molecule has 3 aromatic rings. The average molecular weight is 415 g/mol. The van der Waals surface area contributed by atoms with Crippen molar-refractivity contribution in [2.75, 3.05) is 31.1 Å². The van der Waals surface area contributed by atoms with Crippen LogP contribution in [0.5, 0.6) is 0 Å². The van der Waals surface area contributed by atoms with Crippen LogP contribution in [0, 0.1) is 4.77 Å². The van der Waals surface area contributed by atoms with Crippen molar-refractivity contribution in [3.63, 3.8) is 0 Å². The number of aromatic nitrogens is 4.